The molecule has 0 aliphatic carbocycles. The number of pyridine rings is 1. The molecule has 0 spiro atoms. The monoisotopic (exact) mass is 373 g/mol. The molecule has 2 rings (SSSR count). The second-order valence-corrected chi connectivity index (χ2v) is 6.71. The quantitative estimate of drug-likeness (QED) is 0.698. The molecule has 2 amide bonds. The van der Waals surface area contributed by atoms with Crippen LogP contribution >= 0.6 is 11.3 Å². The predicted molar refractivity (Wildman–Crippen MR) is 104 cm³/mol. The van der Waals surface area contributed by atoms with Gasteiger partial charge in [0.2, 0.25) is 5.43 Å². The van der Waals surface area contributed by atoms with Crippen LogP contribution in [0.5, 0.6) is 0 Å². The predicted octanol–water partition coefficient (Wildman–Crippen LogP) is 2.73. The highest BCUT2D eigenvalue weighted by molar-refractivity contribution is 7.07. The molecule has 0 fully saturated rings. The lowest BCUT2D eigenvalue weighted by molar-refractivity contribution is 0.0948. The third-order valence-corrected chi connectivity index (χ3v) is 4.81. The van der Waals surface area contributed by atoms with Gasteiger partial charge in [-0.15, -0.1) is 6.58 Å². The number of carbonyl (C=O) groups is 2. The summed E-state index contributed by atoms with van der Waals surface area (Å²) in [5, 5.41) is 9.18. The van der Waals surface area contributed by atoms with Crippen molar-refractivity contribution in [2.45, 2.75) is 32.9 Å². The molecule has 0 aliphatic heterocycles. The Morgan fingerprint density at radius 1 is 1.27 bits per heavy atom. The Balaban J connectivity index is 2.36. The number of carbonyl (C=O) groups excluding carboxylic acids is 2. The molecule has 26 heavy (non-hydrogen) atoms. The maximum atomic E-state index is 12.7. The minimum Gasteiger partial charge on any atom is -0.350 e. The molecule has 0 saturated carbocycles. The lowest BCUT2D eigenvalue weighted by atomic mass is 10.1. The molecule has 0 aliphatic rings. The summed E-state index contributed by atoms with van der Waals surface area (Å²) in [5.41, 5.74) is 0.307. The topological polar surface area (TPSA) is 80.2 Å². The van der Waals surface area contributed by atoms with Crippen molar-refractivity contribution < 1.29 is 9.59 Å². The summed E-state index contributed by atoms with van der Waals surface area (Å²) in [7, 11) is 0. The Morgan fingerprint density at radius 2 is 1.92 bits per heavy atom. The minimum absolute atomic E-state index is 0.0354. The Hall–Kier alpha value is -2.67. The van der Waals surface area contributed by atoms with Gasteiger partial charge in [-0.3, -0.25) is 14.4 Å². The number of hydrogen-bond acceptors (Lipinski definition) is 4. The first-order valence-corrected chi connectivity index (χ1v) is 9.36. The number of rotatable bonds is 8. The van der Waals surface area contributed by atoms with Crippen LogP contribution in [0.3, 0.4) is 0 Å². The molecule has 138 valence electrons. The molecule has 0 bridgehead atoms. The Kier molecular flexibility index (Phi) is 6.91. The van der Waals surface area contributed by atoms with E-state index in [1.807, 2.05) is 30.7 Å². The van der Waals surface area contributed by atoms with E-state index < -0.39 is 17.2 Å². The van der Waals surface area contributed by atoms with Gasteiger partial charge in [-0.25, -0.2) is 0 Å². The molecule has 6 nitrogen and oxygen atoms in total. The Labute approximate surface area is 156 Å². The first kappa shape index (κ1) is 19.7. The lowest BCUT2D eigenvalue weighted by Crippen LogP contribution is -2.35. The van der Waals surface area contributed by atoms with E-state index in [-0.39, 0.29) is 23.7 Å². The molecule has 0 saturated heterocycles. The number of amides is 2. The zero-order valence-electron chi connectivity index (χ0n) is 15.0. The summed E-state index contributed by atoms with van der Waals surface area (Å²) in [6, 6.07) is 1.95. The van der Waals surface area contributed by atoms with Gasteiger partial charge < -0.3 is 15.2 Å². The smallest absolute Gasteiger partial charge is 0.257 e. The van der Waals surface area contributed by atoms with Crippen molar-refractivity contribution >= 4 is 23.2 Å². The molecule has 7 heteroatoms. The third-order valence-electron chi connectivity index (χ3n) is 4.07. The fourth-order valence-electron chi connectivity index (χ4n) is 2.32. The van der Waals surface area contributed by atoms with Crippen LogP contribution < -0.4 is 16.1 Å². The van der Waals surface area contributed by atoms with Crippen molar-refractivity contribution in [2.24, 2.45) is 0 Å². The fraction of sp³-hybridized carbons (Fsp3) is 0.316. The van der Waals surface area contributed by atoms with Crippen molar-refractivity contribution in [1.82, 2.24) is 15.2 Å². The number of thiophene rings is 1. The molecule has 1 atom stereocenters. The summed E-state index contributed by atoms with van der Waals surface area (Å²) in [6.45, 7) is 8.08. The molecule has 2 aromatic rings. The van der Waals surface area contributed by atoms with Crippen LogP contribution in [0.1, 0.15) is 52.6 Å². The van der Waals surface area contributed by atoms with Gasteiger partial charge in [0.05, 0.1) is 0 Å². The van der Waals surface area contributed by atoms with E-state index >= 15 is 0 Å². The maximum Gasteiger partial charge on any atom is 0.257 e. The summed E-state index contributed by atoms with van der Waals surface area (Å²) in [6.07, 6.45) is 5.35. The van der Waals surface area contributed by atoms with Crippen LogP contribution in [0.25, 0.3) is 0 Å². The largest absolute Gasteiger partial charge is 0.350 e. The Bertz CT molecular complexity index is 840. The van der Waals surface area contributed by atoms with Crippen molar-refractivity contribution in [2.75, 3.05) is 6.54 Å². The molecule has 2 heterocycles. The van der Waals surface area contributed by atoms with Crippen LogP contribution in [0.4, 0.5) is 0 Å². The van der Waals surface area contributed by atoms with Crippen LogP contribution in [0.15, 0.2) is 46.7 Å². The van der Waals surface area contributed by atoms with E-state index in [1.54, 1.807) is 4.57 Å². The summed E-state index contributed by atoms with van der Waals surface area (Å²) in [4.78, 5) is 37.5. The molecule has 0 radical (unpaired) electrons. The number of nitrogens with one attached hydrogen (secondary N) is 2. The van der Waals surface area contributed by atoms with Gasteiger partial charge in [0.25, 0.3) is 11.8 Å². The van der Waals surface area contributed by atoms with Gasteiger partial charge >= 0.3 is 0 Å². The molecule has 0 aromatic carbocycles. The van der Waals surface area contributed by atoms with Crippen molar-refractivity contribution in [3.05, 3.63) is 68.8 Å². The van der Waals surface area contributed by atoms with Gasteiger partial charge in [-0.05, 0) is 35.7 Å². The molecular weight excluding hydrogens is 350 g/mol. The van der Waals surface area contributed by atoms with Gasteiger partial charge in [0.15, 0.2) is 0 Å². The van der Waals surface area contributed by atoms with E-state index in [9.17, 15) is 14.4 Å². The first-order chi connectivity index (χ1) is 12.5. The third kappa shape index (κ3) is 4.70. The van der Waals surface area contributed by atoms with Crippen molar-refractivity contribution in [3.8, 4) is 0 Å². The summed E-state index contributed by atoms with van der Waals surface area (Å²) >= 11 is 1.54. The standard InChI is InChI=1S/C19H23N3O3S/c1-4-7-20-18(24)15-10-22(13(3)5-2)11-16(17(15)23)19(25)21-9-14-6-8-26-12-14/h4,6,8,10-13H,1,5,7,9H2,2-3H3,(H,20,24)(H,21,25). The van der Waals surface area contributed by atoms with E-state index in [0.29, 0.717) is 6.54 Å². The van der Waals surface area contributed by atoms with E-state index in [2.05, 4.69) is 17.2 Å². The van der Waals surface area contributed by atoms with Crippen LogP contribution in [-0.2, 0) is 6.54 Å². The number of hydrogen-bond donors (Lipinski definition) is 2. The van der Waals surface area contributed by atoms with E-state index in [0.717, 1.165) is 12.0 Å². The van der Waals surface area contributed by atoms with E-state index in [4.69, 9.17) is 0 Å². The number of aromatic nitrogens is 1. The maximum absolute atomic E-state index is 12.7. The minimum atomic E-state index is -0.575. The van der Waals surface area contributed by atoms with Gasteiger partial charge in [-0.2, -0.15) is 11.3 Å². The molecule has 1 unspecified atom stereocenters. The molecule has 2 aromatic heterocycles. The molecule has 2 N–H and O–H groups in total. The van der Waals surface area contributed by atoms with Crippen molar-refractivity contribution in [1.29, 1.82) is 0 Å². The first-order valence-electron chi connectivity index (χ1n) is 8.42. The second-order valence-electron chi connectivity index (χ2n) is 5.93. The zero-order chi connectivity index (χ0) is 19.1. The average Bonchev–Trinajstić information content (AvgIpc) is 3.17. The van der Waals surface area contributed by atoms with Gasteiger partial charge in [-0.1, -0.05) is 13.0 Å². The van der Waals surface area contributed by atoms with Crippen LogP contribution in [0, 0.1) is 0 Å². The Morgan fingerprint density at radius 3 is 2.46 bits per heavy atom. The SMILES string of the molecule is C=CCNC(=O)c1cn(C(C)CC)cc(C(=O)NCc2ccsc2)c1=O. The van der Waals surface area contributed by atoms with Gasteiger partial charge in [0.1, 0.15) is 11.1 Å². The second kappa shape index (κ2) is 9.15. The average molecular weight is 373 g/mol. The van der Waals surface area contributed by atoms with Gasteiger partial charge in [0, 0.05) is 31.5 Å². The van der Waals surface area contributed by atoms with Crippen LogP contribution in [-0.4, -0.2) is 22.9 Å². The summed E-state index contributed by atoms with van der Waals surface area (Å²) in [5.74, 6) is -1.00. The van der Waals surface area contributed by atoms with Crippen LogP contribution in [0.2, 0.25) is 0 Å². The lowest BCUT2D eigenvalue weighted by Gasteiger charge is -2.17. The fourth-order valence-corrected chi connectivity index (χ4v) is 2.99. The van der Waals surface area contributed by atoms with E-state index in [1.165, 1.54) is 29.8 Å². The zero-order valence-corrected chi connectivity index (χ0v) is 15.8. The highest BCUT2D eigenvalue weighted by atomic mass is 32.1. The highest BCUT2D eigenvalue weighted by Crippen LogP contribution is 2.12. The normalized spacial score (nSPS) is 11.6. The van der Waals surface area contributed by atoms with Crippen molar-refractivity contribution in [3.63, 3.8) is 0 Å². The highest BCUT2D eigenvalue weighted by Gasteiger charge is 2.20. The molecular formula is C19H23N3O3S. The summed E-state index contributed by atoms with van der Waals surface area (Å²) < 4.78 is 1.74. The number of nitrogens with zero attached hydrogens (tertiary/aromatic N) is 1.